The number of carbonyl (C=O) groups excluding carboxylic acids is 1. The highest BCUT2D eigenvalue weighted by atomic mass is 16.6. The third-order valence-electron chi connectivity index (χ3n) is 5.08. The number of ketones is 1. The number of nitrogens with one attached hydrogen (secondary N) is 1. The summed E-state index contributed by atoms with van der Waals surface area (Å²) >= 11 is 0. The number of hydrogen-bond donors (Lipinski definition) is 1. The zero-order valence-corrected chi connectivity index (χ0v) is 14.6. The van der Waals surface area contributed by atoms with Gasteiger partial charge in [-0.2, -0.15) is 0 Å². The number of nitro benzene ring substituents is 1. The van der Waals surface area contributed by atoms with E-state index in [1.165, 1.54) is 22.6 Å². The fraction of sp³-hybridized carbons (Fsp3) is 0.136. The second-order valence-corrected chi connectivity index (χ2v) is 6.77. The molecule has 1 saturated heterocycles. The second-order valence-electron chi connectivity index (χ2n) is 6.77. The lowest BCUT2D eigenvalue weighted by molar-refractivity contribution is -0.802. The molecule has 0 amide bonds. The molecule has 0 radical (unpaired) electrons. The van der Waals surface area contributed by atoms with Gasteiger partial charge in [-0.25, -0.2) is 0 Å². The Morgan fingerprint density at radius 2 is 1.48 bits per heavy atom. The Balaban J connectivity index is 1.62. The molecular weight excluding hydrogens is 340 g/mol. The summed E-state index contributed by atoms with van der Waals surface area (Å²) in [6, 6.07) is 25.8. The van der Waals surface area contributed by atoms with Crippen molar-refractivity contribution >= 4 is 11.5 Å². The van der Waals surface area contributed by atoms with Crippen LogP contribution in [0, 0.1) is 10.1 Å². The molecule has 0 aliphatic carbocycles. The third-order valence-corrected chi connectivity index (χ3v) is 5.08. The molecule has 4 rings (SSSR count). The maximum Gasteiger partial charge on any atom is 0.269 e. The van der Waals surface area contributed by atoms with E-state index in [9.17, 15) is 14.9 Å². The first-order valence-corrected chi connectivity index (χ1v) is 8.88. The van der Waals surface area contributed by atoms with E-state index in [2.05, 4.69) is 12.1 Å². The van der Waals surface area contributed by atoms with Gasteiger partial charge in [-0.15, -0.1) is 0 Å². The molecule has 1 aliphatic heterocycles. The largest absolute Gasteiger partial charge is 0.305 e. The molecule has 0 spiro atoms. The minimum Gasteiger partial charge on any atom is -0.305 e. The van der Waals surface area contributed by atoms with E-state index in [0.29, 0.717) is 5.56 Å². The molecule has 1 heterocycles. The van der Waals surface area contributed by atoms with Gasteiger partial charge in [0, 0.05) is 28.8 Å². The SMILES string of the molecule is O=C(c1ccccc1)[C@H]1[C@H](c2ccc([N+](=O)[O-])cc2)[NH+]1Cc1ccccc1. The molecule has 3 aromatic carbocycles. The maximum atomic E-state index is 13.0. The van der Waals surface area contributed by atoms with E-state index < -0.39 is 4.92 Å². The molecular formula is C22H19N2O3+. The molecule has 1 N–H and O–H groups in total. The van der Waals surface area contributed by atoms with Crippen LogP contribution in [0.1, 0.15) is 27.5 Å². The lowest BCUT2D eigenvalue weighted by Crippen LogP contribution is -2.93. The average molecular weight is 359 g/mol. The number of nitrogens with zero attached hydrogens (tertiary/aromatic N) is 1. The summed E-state index contributed by atoms with van der Waals surface area (Å²) in [5, 5.41) is 10.9. The summed E-state index contributed by atoms with van der Waals surface area (Å²) < 4.78 is 0. The molecule has 27 heavy (non-hydrogen) atoms. The number of carbonyl (C=O) groups is 1. The number of benzene rings is 3. The monoisotopic (exact) mass is 359 g/mol. The van der Waals surface area contributed by atoms with E-state index in [1.807, 2.05) is 48.5 Å². The predicted molar refractivity (Wildman–Crippen MR) is 102 cm³/mol. The zero-order chi connectivity index (χ0) is 18.8. The Bertz CT molecular complexity index is 956. The van der Waals surface area contributed by atoms with E-state index in [4.69, 9.17) is 0 Å². The van der Waals surface area contributed by atoms with E-state index >= 15 is 0 Å². The van der Waals surface area contributed by atoms with Crippen molar-refractivity contribution in [3.8, 4) is 0 Å². The van der Waals surface area contributed by atoms with Gasteiger partial charge in [-0.1, -0.05) is 60.7 Å². The zero-order valence-electron chi connectivity index (χ0n) is 14.6. The smallest absolute Gasteiger partial charge is 0.269 e. The molecule has 3 atom stereocenters. The van der Waals surface area contributed by atoms with Crippen molar-refractivity contribution in [3.05, 3.63) is 112 Å². The van der Waals surface area contributed by atoms with Crippen LogP contribution in [0.25, 0.3) is 0 Å². The summed E-state index contributed by atoms with van der Waals surface area (Å²) in [6.45, 7) is 0.742. The summed E-state index contributed by atoms with van der Waals surface area (Å²) in [7, 11) is 0. The van der Waals surface area contributed by atoms with Crippen molar-refractivity contribution < 1.29 is 14.6 Å². The Hall–Kier alpha value is -3.31. The quantitative estimate of drug-likeness (QED) is 0.318. The number of rotatable bonds is 6. The van der Waals surface area contributed by atoms with Gasteiger partial charge in [0.1, 0.15) is 6.54 Å². The standard InChI is InChI=1S/C22H18N2O3/c25-22(18-9-5-2-6-10-18)21-20(17-11-13-19(14-12-17)24(26)27)23(21)15-16-7-3-1-4-8-16/h1-14,20-21H,15H2/p+1/t20-,21+,23?/m0/s1. The second kappa shape index (κ2) is 7.13. The number of hydrogen-bond acceptors (Lipinski definition) is 3. The first-order chi connectivity index (χ1) is 13.1. The Labute approximate surface area is 157 Å². The van der Waals surface area contributed by atoms with Gasteiger partial charge in [0.2, 0.25) is 11.8 Å². The van der Waals surface area contributed by atoms with Crippen LogP contribution in [0.4, 0.5) is 5.69 Å². The summed E-state index contributed by atoms with van der Waals surface area (Å²) in [4.78, 5) is 24.7. The minimum atomic E-state index is -0.405. The predicted octanol–water partition coefficient (Wildman–Crippen LogP) is 2.99. The molecule has 5 nitrogen and oxygen atoms in total. The minimum absolute atomic E-state index is 0.0127. The molecule has 134 valence electrons. The van der Waals surface area contributed by atoms with Crippen LogP contribution >= 0.6 is 0 Å². The molecule has 1 unspecified atom stereocenters. The van der Waals surface area contributed by atoms with Crippen molar-refractivity contribution in [3.63, 3.8) is 0 Å². The van der Waals surface area contributed by atoms with Gasteiger partial charge in [-0.05, 0) is 12.1 Å². The van der Waals surface area contributed by atoms with Crippen molar-refractivity contribution in [2.45, 2.75) is 18.6 Å². The van der Waals surface area contributed by atoms with Crippen LogP contribution in [-0.4, -0.2) is 16.7 Å². The Morgan fingerprint density at radius 1 is 0.889 bits per heavy atom. The van der Waals surface area contributed by atoms with Crippen molar-refractivity contribution in [2.75, 3.05) is 0 Å². The summed E-state index contributed by atoms with van der Waals surface area (Å²) in [5.74, 6) is 0.116. The van der Waals surface area contributed by atoms with E-state index in [1.54, 1.807) is 12.1 Å². The van der Waals surface area contributed by atoms with Crippen LogP contribution in [0.3, 0.4) is 0 Å². The molecule has 0 saturated carbocycles. The van der Waals surface area contributed by atoms with Gasteiger partial charge >= 0.3 is 0 Å². The van der Waals surface area contributed by atoms with E-state index in [-0.39, 0.29) is 23.6 Å². The Kier molecular flexibility index (Phi) is 4.52. The highest BCUT2D eigenvalue weighted by molar-refractivity contribution is 6.00. The van der Waals surface area contributed by atoms with Gasteiger partial charge in [0.05, 0.1) is 4.92 Å². The molecule has 3 aromatic rings. The van der Waals surface area contributed by atoms with Crippen molar-refractivity contribution in [1.29, 1.82) is 0 Å². The van der Waals surface area contributed by atoms with Crippen LogP contribution in [-0.2, 0) is 6.54 Å². The van der Waals surface area contributed by atoms with Crippen LogP contribution < -0.4 is 4.90 Å². The van der Waals surface area contributed by atoms with Gasteiger partial charge < -0.3 is 4.90 Å². The third kappa shape index (κ3) is 3.50. The maximum absolute atomic E-state index is 13.0. The topological polar surface area (TPSA) is 64.6 Å². The Morgan fingerprint density at radius 3 is 2.07 bits per heavy atom. The average Bonchev–Trinajstić information content (AvgIpc) is 3.42. The summed E-state index contributed by atoms with van der Waals surface area (Å²) in [6.07, 6.45) is 0. The van der Waals surface area contributed by atoms with Gasteiger partial charge in [0.15, 0.2) is 6.04 Å². The van der Waals surface area contributed by atoms with Crippen LogP contribution in [0.5, 0.6) is 0 Å². The number of non-ortho nitro benzene ring substituents is 1. The van der Waals surface area contributed by atoms with Crippen molar-refractivity contribution in [1.82, 2.24) is 0 Å². The highest BCUT2D eigenvalue weighted by Crippen LogP contribution is 2.28. The van der Waals surface area contributed by atoms with E-state index in [0.717, 1.165) is 12.1 Å². The molecule has 1 fully saturated rings. The van der Waals surface area contributed by atoms with Crippen molar-refractivity contribution in [2.24, 2.45) is 0 Å². The highest BCUT2D eigenvalue weighted by Gasteiger charge is 2.59. The lowest BCUT2D eigenvalue weighted by Gasteiger charge is -2.02. The summed E-state index contributed by atoms with van der Waals surface area (Å²) in [5.41, 5.74) is 2.90. The lowest BCUT2D eigenvalue weighted by atomic mass is 10.0. The number of Topliss-reactive ketones (excluding diaryl/α,β-unsaturated/α-hetero) is 1. The number of quaternary nitrogens is 1. The van der Waals surface area contributed by atoms with Crippen LogP contribution in [0.2, 0.25) is 0 Å². The van der Waals surface area contributed by atoms with Gasteiger partial charge in [-0.3, -0.25) is 14.9 Å². The van der Waals surface area contributed by atoms with Crippen LogP contribution in [0.15, 0.2) is 84.9 Å². The normalized spacial score (nSPS) is 20.8. The fourth-order valence-electron chi connectivity index (χ4n) is 3.68. The molecule has 0 aromatic heterocycles. The molecule has 5 heteroatoms. The first kappa shape index (κ1) is 17.1. The first-order valence-electron chi connectivity index (χ1n) is 8.88. The number of nitro groups is 1. The molecule has 1 aliphatic rings. The molecule has 0 bridgehead atoms. The van der Waals surface area contributed by atoms with Gasteiger partial charge in [0.25, 0.3) is 5.69 Å². The fourth-order valence-corrected chi connectivity index (χ4v) is 3.68.